The number of piperidine rings is 1. The fourth-order valence-electron chi connectivity index (χ4n) is 3.67. The number of aryl methyl sites for hydroxylation is 1. The summed E-state index contributed by atoms with van der Waals surface area (Å²) in [5, 5.41) is 3.43. The maximum Gasteiger partial charge on any atom is 0.261 e. The van der Waals surface area contributed by atoms with Crippen LogP contribution in [0.3, 0.4) is 0 Å². The van der Waals surface area contributed by atoms with Crippen LogP contribution in [0.1, 0.15) is 25.0 Å². The number of methoxy groups -OCH3 is 1. The summed E-state index contributed by atoms with van der Waals surface area (Å²) < 4.78 is 33.0. The van der Waals surface area contributed by atoms with Gasteiger partial charge < -0.3 is 15.0 Å². The summed E-state index contributed by atoms with van der Waals surface area (Å²) in [5.41, 5.74) is 2.06. The van der Waals surface area contributed by atoms with Crippen LogP contribution in [0.2, 0.25) is 5.02 Å². The molecule has 1 fully saturated rings. The van der Waals surface area contributed by atoms with E-state index in [0.717, 1.165) is 30.3 Å². The average molecular weight is 488 g/mol. The van der Waals surface area contributed by atoms with E-state index in [1.807, 2.05) is 13.0 Å². The van der Waals surface area contributed by atoms with Crippen molar-refractivity contribution >= 4 is 44.8 Å². The zero-order valence-electron chi connectivity index (χ0n) is 18.5. The normalized spacial score (nSPS) is 14.1. The minimum absolute atomic E-state index is 0.0499. The second-order valence-electron chi connectivity index (χ2n) is 7.84. The molecular weight excluding hydrogens is 462 g/mol. The highest BCUT2D eigenvalue weighted by atomic mass is 35.5. The van der Waals surface area contributed by atoms with Crippen molar-refractivity contribution in [3.63, 3.8) is 0 Å². The molecule has 4 rings (SSSR count). The van der Waals surface area contributed by atoms with Gasteiger partial charge in [0.2, 0.25) is 5.95 Å². The summed E-state index contributed by atoms with van der Waals surface area (Å²) in [4.78, 5) is 11.5. The summed E-state index contributed by atoms with van der Waals surface area (Å²) in [5.74, 6) is 1.84. The predicted octanol–water partition coefficient (Wildman–Crippen LogP) is 4.98. The lowest BCUT2D eigenvalue weighted by atomic mass is 10.1. The fourth-order valence-corrected chi connectivity index (χ4v) is 5.08. The molecule has 0 bridgehead atoms. The third kappa shape index (κ3) is 5.66. The number of benzene rings is 2. The number of aromatic nitrogens is 2. The lowest BCUT2D eigenvalue weighted by Crippen LogP contribution is -2.30. The summed E-state index contributed by atoms with van der Waals surface area (Å²) >= 11 is 6.07. The van der Waals surface area contributed by atoms with Crippen molar-refractivity contribution in [2.24, 2.45) is 0 Å². The zero-order chi connectivity index (χ0) is 23.4. The minimum Gasteiger partial charge on any atom is -0.495 e. The lowest BCUT2D eigenvalue weighted by Gasteiger charge is -2.28. The summed E-state index contributed by atoms with van der Waals surface area (Å²) in [6, 6.07) is 13.2. The maximum absolute atomic E-state index is 12.7. The molecule has 0 aliphatic carbocycles. The molecule has 1 aliphatic rings. The molecule has 8 nitrogen and oxygen atoms in total. The van der Waals surface area contributed by atoms with Gasteiger partial charge in [-0.05, 0) is 68.7 Å². The predicted molar refractivity (Wildman–Crippen MR) is 131 cm³/mol. The highest BCUT2D eigenvalue weighted by Gasteiger charge is 2.17. The van der Waals surface area contributed by atoms with Gasteiger partial charge in [0.25, 0.3) is 10.0 Å². The zero-order valence-corrected chi connectivity index (χ0v) is 20.1. The van der Waals surface area contributed by atoms with Crippen LogP contribution in [0.5, 0.6) is 5.75 Å². The van der Waals surface area contributed by atoms with Crippen LogP contribution in [0.25, 0.3) is 0 Å². The molecule has 10 heteroatoms. The molecule has 2 aromatic carbocycles. The second-order valence-corrected chi connectivity index (χ2v) is 9.93. The molecule has 0 unspecified atom stereocenters. The van der Waals surface area contributed by atoms with Crippen LogP contribution in [0.15, 0.2) is 53.4 Å². The maximum atomic E-state index is 12.7. The third-order valence-electron chi connectivity index (χ3n) is 5.35. The quantitative estimate of drug-likeness (QED) is 0.485. The number of nitrogens with zero attached hydrogens (tertiary/aromatic N) is 3. The summed E-state index contributed by atoms with van der Waals surface area (Å²) in [7, 11) is -2.33. The first-order chi connectivity index (χ1) is 15.8. The van der Waals surface area contributed by atoms with Gasteiger partial charge in [0.05, 0.1) is 17.0 Å². The van der Waals surface area contributed by atoms with Crippen molar-refractivity contribution in [1.82, 2.24) is 9.97 Å². The molecule has 1 saturated heterocycles. The van der Waals surface area contributed by atoms with Gasteiger partial charge in [0.1, 0.15) is 11.6 Å². The lowest BCUT2D eigenvalue weighted by molar-refractivity contribution is 0.414. The van der Waals surface area contributed by atoms with Crippen molar-refractivity contribution in [2.75, 3.05) is 35.1 Å². The Morgan fingerprint density at radius 1 is 0.970 bits per heavy atom. The van der Waals surface area contributed by atoms with E-state index in [9.17, 15) is 8.42 Å². The largest absolute Gasteiger partial charge is 0.495 e. The Balaban J connectivity index is 1.46. The van der Waals surface area contributed by atoms with E-state index in [0.29, 0.717) is 17.4 Å². The number of sulfonamides is 1. The molecule has 0 spiro atoms. The molecule has 33 heavy (non-hydrogen) atoms. The van der Waals surface area contributed by atoms with Gasteiger partial charge in [0, 0.05) is 36.2 Å². The van der Waals surface area contributed by atoms with Gasteiger partial charge in [-0.2, -0.15) is 4.98 Å². The van der Waals surface area contributed by atoms with E-state index in [1.165, 1.54) is 44.6 Å². The molecule has 0 radical (unpaired) electrons. The molecule has 0 atom stereocenters. The van der Waals surface area contributed by atoms with Crippen LogP contribution < -0.4 is 19.7 Å². The van der Waals surface area contributed by atoms with Crippen LogP contribution in [-0.2, 0) is 10.0 Å². The number of nitrogens with one attached hydrogen (secondary N) is 2. The minimum atomic E-state index is -3.80. The van der Waals surface area contributed by atoms with Crippen molar-refractivity contribution < 1.29 is 13.2 Å². The number of halogens is 1. The molecule has 1 aliphatic heterocycles. The van der Waals surface area contributed by atoms with Gasteiger partial charge in [-0.1, -0.05) is 11.6 Å². The van der Waals surface area contributed by atoms with E-state index in [2.05, 4.69) is 24.9 Å². The first-order valence-corrected chi connectivity index (χ1v) is 12.5. The van der Waals surface area contributed by atoms with Crippen molar-refractivity contribution in [1.29, 1.82) is 0 Å². The van der Waals surface area contributed by atoms with Gasteiger partial charge >= 0.3 is 0 Å². The van der Waals surface area contributed by atoms with Crippen LogP contribution in [-0.4, -0.2) is 38.6 Å². The summed E-state index contributed by atoms with van der Waals surface area (Å²) in [6.45, 7) is 3.96. The third-order valence-corrected chi connectivity index (χ3v) is 7.02. The summed E-state index contributed by atoms with van der Waals surface area (Å²) in [6.07, 6.45) is 3.60. The first kappa shape index (κ1) is 23.1. The van der Waals surface area contributed by atoms with Gasteiger partial charge in [-0.15, -0.1) is 0 Å². The monoisotopic (exact) mass is 487 g/mol. The van der Waals surface area contributed by atoms with E-state index in [4.69, 9.17) is 16.3 Å². The van der Waals surface area contributed by atoms with Crippen molar-refractivity contribution in [3.05, 3.63) is 59.2 Å². The smallest absolute Gasteiger partial charge is 0.261 e. The SMILES string of the molecule is COc1ccc(S(=O)(=O)Nc2ccc(Nc3nc(C)cc(N4CCCCC4)n3)cc2)cc1Cl. The molecule has 3 aromatic rings. The molecular formula is C23H26ClN5O3S. The van der Waals surface area contributed by atoms with Crippen molar-refractivity contribution in [2.45, 2.75) is 31.1 Å². The molecule has 2 heterocycles. The standard InChI is InChI=1S/C23H26ClN5O3S/c1-16-14-22(29-12-4-3-5-13-29)27-23(25-16)26-17-6-8-18(9-7-17)28-33(30,31)19-10-11-21(32-2)20(24)15-19/h6-11,14-15,28H,3-5,12-13H2,1-2H3,(H,25,26,27). The number of ether oxygens (including phenoxy) is 1. The number of rotatable bonds is 7. The molecule has 2 N–H and O–H groups in total. The first-order valence-electron chi connectivity index (χ1n) is 10.7. The second kappa shape index (κ2) is 9.84. The van der Waals surface area contributed by atoms with E-state index in [1.54, 1.807) is 24.3 Å². The van der Waals surface area contributed by atoms with Gasteiger partial charge in [-0.3, -0.25) is 4.72 Å². The van der Waals surface area contributed by atoms with Crippen LogP contribution in [0.4, 0.5) is 23.1 Å². The Bertz CT molecular complexity index is 1230. The number of hydrogen-bond acceptors (Lipinski definition) is 7. The van der Waals surface area contributed by atoms with E-state index in [-0.39, 0.29) is 9.92 Å². The van der Waals surface area contributed by atoms with Crippen LogP contribution in [0, 0.1) is 6.92 Å². The molecule has 0 amide bonds. The Kier molecular flexibility index (Phi) is 6.90. The molecule has 1 aromatic heterocycles. The molecule has 174 valence electrons. The Morgan fingerprint density at radius 2 is 1.67 bits per heavy atom. The molecule has 0 saturated carbocycles. The Morgan fingerprint density at radius 3 is 2.33 bits per heavy atom. The topological polar surface area (TPSA) is 96.5 Å². The van der Waals surface area contributed by atoms with Crippen molar-refractivity contribution in [3.8, 4) is 5.75 Å². The van der Waals surface area contributed by atoms with E-state index < -0.39 is 10.0 Å². The highest BCUT2D eigenvalue weighted by Crippen LogP contribution is 2.28. The Hall–Kier alpha value is -3.04. The number of hydrogen-bond donors (Lipinski definition) is 2. The fraction of sp³-hybridized carbons (Fsp3) is 0.304. The van der Waals surface area contributed by atoms with E-state index >= 15 is 0 Å². The number of anilines is 4. The highest BCUT2D eigenvalue weighted by molar-refractivity contribution is 7.92. The average Bonchev–Trinajstić information content (AvgIpc) is 2.80. The Labute approximate surface area is 199 Å². The van der Waals surface area contributed by atoms with Gasteiger partial charge in [0.15, 0.2) is 0 Å². The van der Waals surface area contributed by atoms with Crippen LogP contribution >= 0.6 is 11.6 Å². The van der Waals surface area contributed by atoms with Gasteiger partial charge in [-0.25, -0.2) is 13.4 Å².